The number of para-hydroxylation sites is 2. The Kier molecular flexibility index (Phi) is 6.06. The van der Waals surface area contributed by atoms with Gasteiger partial charge in [-0.3, -0.25) is 0 Å². The molecule has 0 aliphatic carbocycles. The summed E-state index contributed by atoms with van der Waals surface area (Å²) in [5, 5.41) is 0. The van der Waals surface area contributed by atoms with Crippen molar-refractivity contribution in [2.24, 2.45) is 4.99 Å². The van der Waals surface area contributed by atoms with Crippen LogP contribution in [0.1, 0.15) is 18.1 Å². The van der Waals surface area contributed by atoms with Crippen LogP contribution in [-0.4, -0.2) is 5.90 Å². The van der Waals surface area contributed by atoms with Crippen molar-refractivity contribution >= 4 is 11.6 Å². The Hall–Kier alpha value is -3.33. The Labute approximate surface area is 160 Å². The molecule has 27 heavy (non-hydrogen) atoms. The van der Waals surface area contributed by atoms with Gasteiger partial charge >= 0.3 is 0 Å². The quantitative estimate of drug-likeness (QED) is 0.301. The highest BCUT2D eigenvalue weighted by atomic mass is 16.5. The SMILES string of the molecule is CC(=COc1ccccc1)C(=Nc1ccccc1)Oc1ccc(C)cc1C. The van der Waals surface area contributed by atoms with Crippen molar-refractivity contribution in [1.82, 2.24) is 0 Å². The third kappa shape index (κ3) is 5.32. The van der Waals surface area contributed by atoms with Crippen LogP contribution in [0.15, 0.2) is 95.7 Å². The number of ether oxygens (including phenoxy) is 2. The van der Waals surface area contributed by atoms with E-state index in [1.165, 1.54) is 5.56 Å². The average molecular weight is 357 g/mol. The lowest BCUT2D eigenvalue weighted by molar-refractivity contribution is 0.473. The Morgan fingerprint density at radius 3 is 2.19 bits per heavy atom. The molecule has 0 amide bonds. The lowest BCUT2D eigenvalue weighted by Gasteiger charge is -2.12. The Morgan fingerprint density at radius 1 is 0.852 bits per heavy atom. The van der Waals surface area contributed by atoms with E-state index in [-0.39, 0.29) is 0 Å². The summed E-state index contributed by atoms with van der Waals surface area (Å²) in [5.74, 6) is 2.05. The van der Waals surface area contributed by atoms with Crippen molar-refractivity contribution in [3.63, 3.8) is 0 Å². The minimum atomic E-state index is 0.504. The maximum Gasteiger partial charge on any atom is 0.225 e. The molecule has 136 valence electrons. The van der Waals surface area contributed by atoms with E-state index in [4.69, 9.17) is 9.47 Å². The highest BCUT2D eigenvalue weighted by Gasteiger charge is 2.10. The molecule has 3 heteroatoms. The number of benzene rings is 3. The van der Waals surface area contributed by atoms with Crippen molar-refractivity contribution in [2.75, 3.05) is 0 Å². The van der Waals surface area contributed by atoms with Gasteiger partial charge in [0.15, 0.2) is 0 Å². The van der Waals surface area contributed by atoms with Gasteiger partial charge in [-0.25, -0.2) is 4.99 Å². The van der Waals surface area contributed by atoms with Crippen molar-refractivity contribution in [3.05, 3.63) is 102 Å². The van der Waals surface area contributed by atoms with Crippen LogP contribution in [0.3, 0.4) is 0 Å². The number of aliphatic imine (C=N–C) groups is 1. The van der Waals surface area contributed by atoms with Crippen LogP contribution < -0.4 is 9.47 Å². The monoisotopic (exact) mass is 357 g/mol. The summed E-state index contributed by atoms with van der Waals surface area (Å²) in [6.07, 6.45) is 1.67. The number of rotatable bonds is 5. The molecule has 0 saturated heterocycles. The first-order valence-electron chi connectivity index (χ1n) is 8.89. The minimum absolute atomic E-state index is 0.504. The molecule has 3 rings (SSSR count). The summed E-state index contributed by atoms with van der Waals surface area (Å²) in [7, 11) is 0. The first-order chi connectivity index (χ1) is 13.1. The Bertz CT molecular complexity index is 945. The molecule has 0 fully saturated rings. The lowest BCUT2D eigenvalue weighted by atomic mass is 10.1. The second-order valence-electron chi connectivity index (χ2n) is 6.36. The molecule has 0 saturated carbocycles. The zero-order chi connectivity index (χ0) is 19.1. The molecule has 0 radical (unpaired) electrons. The largest absolute Gasteiger partial charge is 0.465 e. The zero-order valence-electron chi connectivity index (χ0n) is 15.8. The van der Waals surface area contributed by atoms with Crippen LogP contribution >= 0.6 is 0 Å². The van der Waals surface area contributed by atoms with Crippen molar-refractivity contribution in [2.45, 2.75) is 20.8 Å². The van der Waals surface area contributed by atoms with Crippen molar-refractivity contribution < 1.29 is 9.47 Å². The third-order valence-corrected chi connectivity index (χ3v) is 3.98. The molecule has 3 nitrogen and oxygen atoms in total. The summed E-state index contributed by atoms with van der Waals surface area (Å²) in [6, 6.07) is 25.5. The van der Waals surface area contributed by atoms with Crippen LogP contribution in [0, 0.1) is 13.8 Å². The summed E-state index contributed by atoms with van der Waals surface area (Å²) in [5.41, 5.74) is 3.88. The molecular weight excluding hydrogens is 334 g/mol. The predicted octanol–water partition coefficient (Wildman–Crippen LogP) is 6.40. The third-order valence-electron chi connectivity index (χ3n) is 3.98. The van der Waals surface area contributed by atoms with Gasteiger partial charge in [-0.1, -0.05) is 54.1 Å². The number of hydrogen-bond donors (Lipinski definition) is 0. The van der Waals surface area contributed by atoms with Crippen molar-refractivity contribution in [3.8, 4) is 11.5 Å². The van der Waals surface area contributed by atoms with E-state index in [0.29, 0.717) is 5.90 Å². The molecule has 0 aliphatic rings. The van der Waals surface area contributed by atoms with E-state index >= 15 is 0 Å². The smallest absolute Gasteiger partial charge is 0.225 e. The molecule has 0 atom stereocenters. The first-order valence-corrected chi connectivity index (χ1v) is 8.89. The van der Waals surface area contributed by atoms with E-state index in [9.17, 15) is 0 Å². The van der Waals surface area contributed by atoms with Crippen molar-refractivity contribution in [1.29, 1.82) is 0 Å². The Balaban J connectivity index is 1.90. The fraction of sp³-hybridized carbons (Fsp3) is 0.125. The van der Waals surface area contributed by atoms with Gasteiger partial charge < -0.3 is 9.47 Å². The first kappa shape index (κ1) is 18.5. The normalized spacial score (nSPS) is 12.0. The van der Waals surface area contributed by atoms with Gasteiger partial charge in [-0.15, -0.1) is 0 Å². The predicted molar refractivity (Wildman–Crippen MR) is 111 cm³/mol. The van der Waals surface area contributed by atoms with E-state index in [1.54, 1.807) is 6.26 Å². The summed E-state index contributed by atoms with van der Waals surface area (Å²) in [6.45, 7) is 6.02. The van der Waals surface area contributed by atoms with Crippen LogP contribution in [0.5, 0.6) is 11.5 Å². The molecule has 0 spiro atoms. The summed E-state index contributed by atoms with van der Waals surface area (Å²) in [4.78, 5) is 4.68. The maximum atomic E-state index is 6.16. The van der Waals surface area contributed by atoms with Crippen LogP contribution in [-0.2, 0) is 0 Å². The van der Waals surface area contributed by atoms with E-state index in [0.717, 1.165) is 28.3 Å². The fourth-order valence-corrected chi connectivity index (χ4v) is 2.54. The van der Waals surface area contributed by atoms with E-state index < -0.39 is 0 Å². The minimum Gasteiger partial charge on any atom is -0.465 e. The molecule has 3 aromatic carbocycles. The summed E-state index contributed by atoms with van der Waals surface area (Å²) < 4.78 is 11.9. The standard InChI is InChI=1S/C24H23NO2/c1-18-14-15-23(19(2)16-18)27-24(25-21-10-6-4-7-11-21)20(3)17-26-22-12-8-5-9-13-22/h4-17H,1-3H3. The molecule has 0 bridgehead atoms. The Morgan fingerprint density at radius 2 is 1.52 bits per heavy atom. The molecule has 0 aliphatic heterocycles. The number of nitrogens with zero attached hydrogens (tertiary/aromatic N) is 1. The van der Waals surface area contributed by atoms with Gasteiger partial charge in [-0.05, 0) is 56.7 Å². The highest BCUT2D eigenvalue weighted by molar-refractivity contribution is 5.96. The molecule has 3 aromatic rings. The topological polar surface area (TPSA) is 30.8 Å². The lowest BCUT2D eigenvalue weighted by Crippen LogP contribution is -2.11. The molecule has 0 N–H and O–H groups in total. The average Bonchev–Trinajstić information content (AvgIpc) is 2.69. The van der Waals surface area contributed by atoms with E-state index in [1.807, 2.05) is 86.6 Å². The van der Waals surface area contributed by atoms with Gasteiger partial charge in [0.1, 0.15) is 11.5 Å². The van der Waals surface area contributed by atoms with Gasteiger partial charge in [0.05, 0.1) is 11.9 Å². The van der Waals surface area contributed by atoms with Gasteiger partial charge in [-0.2, -0.15) is 0 Å². The van der Waals surface area contributed by atoms with Gasteiger partial charge in [0.2, 0.25) is 5.90 Å². The highest BCUT2D eigenvalue weighted by Crippen LogP contribution is 2.22. The zero-order valence-corrected chi connectivity index (χ0v) is 15.8. The second kappa shape index (κ2) is 8.86. The van der Waals surface area contributed by atoms with Crippen LogP contribution in [0.4, 0.5) is 5.69 Å². The van der Waals surface area contributed by atoms with Gasteiger partial charge in [0, 0.05) is 5.57 Å². The molecule has 0 heterocycles. The van der Waals surface area contributed by atoms with E-state index in [2.05, 4.69) is 18.0 Å². The maximum absolute atomic E-state index is 6.16. The molecular formula is C24H23NO2. The number of aryl methyl sites for hydroxylation is 2. The van der Waals surface area contributed by atoms with Crippen LogP contribution in [0.25, 0.3) is 0 Å². The molecule has 0 unspecified atom stereocenters. The second-order valence-corrected chi connectivity index (χ2v) is 6.36. The van der Waals surface area contributed by atoms with Gasteiger partial charge in [0.25, 0.3) is 0 Å². The number of hydrogen-bond acceptors (Lipinski definition) is 3. The fourth-order valence-electron chi connectivity index (χ4n) is 2.54. The molecule has 0 aromatic heterocycles. The summed E-state index contributed by atoms with van der Waals surface area (Å²) >= 11 is 0. The van der Waals surface area contributed by atoms with Crippen LogP contribution in [0.2, 0.25) is 0 Å².